The fourth-order valence-corrected chi connectivity index (χ4v) is 3.64. The first-order valence-corrected chi connectivity index (χ1v) is 13.3. The molecular weight excluding hydrogens is 540 g/mol. The Hall–Kier alpha value is -4.00. The number of nitrogen functional groups attached to an aromatic ring is 1. The lowest BCUT2D eigenvalue weighted by Crippen LogP contribution is -2.39. The lowest BCUT2D eigenvalue weighted by Gasteiger charge is -2.19. The summed E-state index contributed by atoms with van der Waals surface area (Å²) in [6, 6.07) is 3.48. The maximum Gasteiger partial charge on any atom is 0.433 e. The minimum absolute atomic E-state index is 0.0136. The number of carbonyl (C=O) groups is 1. The lowest BCUT2D eigenvalue weighted by molar-refractivity contribution is -0.141. The van der Waals surface area contributed by atoms with Gasteiger partial charge in [-0.15, -0.1) is 0 Å². The number of ketones is 1. The Morgan fingerprint density at radius 1 is 1.17 bits per heavy atom. The molecule has 0 unspecified atom stereocenters. The van der Waals surface area contributed by atoms with Crippen LogP contribution in [0.25, 0.3) is 5.52 Å². The van der Waals surface area contributed by atoms with Crippen LogP contribution in [0, 0.1) is 0 Å². The van der Waals surface area contributed by atoms with Gasteiger partial charge >= 0.3 is 6.18 Å². The van der Waals surface area contributed by atoms with Crippen LogP contribution in [-0.2, 0) is 12.6 Å². The van der Waals surface area contributed by atoms with Crippen molar-refractivity contribution in [3.05, 3.63) is 71.2 Å². The second-order valence-electron chi connectivity index (χ2n) is 9.70. The number of hydrogen-bond donors (Lipinski definition) is 4. The molecule has 0 aromatic carbocycles. The third-order valence-electron chi connectivity index (χ3n) is 5.58. The van der Waals surface area contributed by atoms with Crippen LogP contribution in [-0.4, -0.2) is 44.1 Å². The number of nitrogens with zero attached hydrogens (tertiary/aromatic N) is 4. The topological polar surface area (TPSA) is 122 Å². The number of anilines is 2. The second kappa shape index (κ2) is 14.6. The number of alkyl halides is 3. The summed E-state index contributed by atoms with van der Waals surface area (Å²) in [5.41, 5.74) is 6.40. The van der Waals surface area contributed by atoms with Gasteiger partial charge in [-0.2, -0.15) is 18.3 Å². The molecule has 224 valence electrons. The number of aromatic nitrogens is 4. The van der Waals surface area contributed by atoms with Crippen molar-refractivity contribution in [2.75, 3.05) is 24.3 Å². The van der Waals surface area contributed by atoms with Gasteiger partial charge in [0.15, 0.2) is 11.6 Å². The van der Waals surface area contributed by atoms with Crippen molar-refractivity contribution in [2.45, 2.75) is 66.1 Å². The van der Waals surface area contributed by atoms with Gasteiger partial charge in [0, 0.05) is 17.3 Å². The highest BCUT2D eigenvalue weighted by Crippen LogP contribution is 2.28. The molecule has 3 aromatic rings. The van der Waals surface area contributed by atoms with Crippen LogP contribution < -0.4 is 21.7 Å². The van der Waals surface area contributed by atoms with Crippen molar-refractivity contribution in [2.24, 2.45) is 0 Å². The van der Waals surface area contributed by atoms with Crippen LogP contribution in [0.15, 0.2) is 54.4 Å². The predicted molar refractivity (Wildman–Crippen MR) is 153 cm³/mol. The summed E-state index contributed by atoms with van der Waals surface area (Å²) in [4.78, 5) is 20.6. The van der Waals surface area contributed by atoms with Crippen molar-refractivity contribution in [3.63, 3.8) is 0 Å². The van der Waals surface area contributed by atoms with E-state index in [4.69, 9.17) is 5.73 Å². The largest absolute Gasteiger partial charge is 0.433 e. The second-order valence-corrected chi connectivity index (χ2v) is 9.70. The van der Waals surface area contributed by atoms with Gasteiger partial charge in [0.25, 0.3) is 0 Å². The number of carbonyl (C=O) groups excluding carboxylic acids is 1. The van der Waals surface area contributed by atoms with E-state index in [-0.39, 0.29) is 54.7 Å². The minimum Gasteiger partial charge on any atom is -0.382 e. The monoisotopic (exact) mass is 578 g/mol. The maximum atomic E-state index is 14.6. The summed E-state index contributed by atoms with van der Waals surface area (Å²) in [5, 5.41) is 12.9. The standard InChI is InChI=1S/C26H32F4N8O.C2H6/c1-5-18(27)19(32-14-33-22-11-7-10-21(37-22)26(28,29)30)9-6-8-16-17(20(39)12-35-25(2,3)4)13-38-23(16)24(31)34-15-36-38;1-2/h6-7,9-11,13,15,32,35H,5,8,12,14H2,1-4H3,(H,33,37)(H2,31,34,36);1-2H3/b9-6-,19-18-;. The zero-order chi connectivity index (χ0) is 30.8. The number of nitrogens with two attached hydrogens (primary N) is 1. The van der Waals surface area contributed by atoms with Crippen LogP contribution in [0.5, 0.6) is 0 Å². The molecule has 0 aliphatic heterocycles. The Bertz CT molecular complexity index is 1370. The average Bonchev–Trinajstić information content (AvgIpc) is 3.30. The highest BCUT2D eigenvalue weighted by molar-refractivity contribution is 6.01. The van der Waals surface area contributed by atoms with Crippen LogP contribution in [0.2, 0.25) is 0 Å². The van der Waals surface area contributed by atoms with E-state index in [2.05, 4.69) is 31.0 Å². The molecule has 0 aliphatic carbocycles. The van der Waals surface area contributed by atoms with Gasteiger partial charge < -0.3 is 21.7 Å². The molecule has 41 heavy (non-hydrogen) atoms. The Balaban J connectivity index is 0.00000287. The van der Waals surface area contributed by atoms with Crippen LogP contribution in [0.1, 0.15) is 69.6 Å². The summed E-state index contributed by atoms with van der Waals surface area (Å²) in [7, 11) is 0. The highest BCUT2D eigenvalue weighted by Gasteiger charge is 2.32. The van der Waals surface area contributed by atoms with E-state index in [9.17, 15) is 22.4 Å². The first-order chi connectivity index (χ1) is 19.3. The van der Waals surface area contributed by atoms with E-state index in [1.807, 2.05) is 34.6 Å². The Kier molecular flexibility index (Phi) is 11.8. The number of nitrogens with one attached hydrogen (secondary N) is 3. The highest BCUT2D eigenvalue weighted by atomic mass is 19.4. The lowest BCUT2D eigenvalue weighted by atomic mass is 10.0. The maximum absolute atomic E-state index is 14.6. The van der Waals surface area contributed by atoms with Gasteiger partial charge in [0.05, 0.1) is 18.9 Å². The van der Waals surface area contributed by atoms with E-state index in [1.54, 1.807) is 19.2 Å². The molecule has 3 heterocycles. The summed E-state index contributed by atoms with van der Waals surface area (Å²) in [5.74, 6) is -0.437. The average molecular weight is 579 g/mol. The Labute approximate surface area is 237 Å². The first-order valence-electron chi connectivity index (χ1n) is 13.3. The molecule has 0 saturated heterocycles. The molecule has 0 bridgehead atoms. The van der Waals surface area contributed by atoms with Crippen molar-refractivity contribution in [3.8, 4) is 0 Å². The number of fused-ring (bicyclic) bond motifs is 1. The molecule has 0 fully saturated rings. The molecule has 0 radical (unpaired) electrons. The van der Waals surface area contributed by atoms with Gasteiger partial charge in [-0.05, 0) is 57.4 Å². The van der Waals surface area contributed by atoms with Crippen molar-refractivity contribution in [1.82, 2.24) is 30.2 Å². The van der Waals surface area contributed by atoms with Crippen LogP contribution >= 0.6 is 0 Å². The molecule has 0 atom stereocenters. The summed E-state index contributed by atoms with van der Waals surface area (Å²) >= 11 is 0. The van der Waals surface area contributed by atoms with Gasteiger partial charge in [0.2, 0.25) is 0 Å². The molecule has 0 amide bonds. The number of allylic oxidation sites excluding steroid dienone is 3. The van der Waals surface area contributed by atoms with Gasteiger partial charge in [-0.25, -0.2) is 18.9 Å². The van der Waals surface area contributed by atoms with E-state index in [1.165, 1.54) is 29.1 Å². The van der Waals surface area contributed by atoms with E-state index in [0.29, 0.717) is 16.6 Å². The molecule has 3 aromatic heterocycles. The summed E-state index contributed by atoms with van der Waals surface area (Å²) in [6.07, 6.45) is 1.78. The zero-order valence-electron chi connectivity index (χ0n) is 24.2. The van der Waals surface area contributed by atoms with Gasteiger partial charge in [-0.1, -0.05) is 32.9 Å². The van der Waals surface area contributed by atoms with Gasteiger partial charge in [-0.3, -0.25) is 4.79 Å². The molecule has 0 spiro atoms. The number of halogens is 4. The summed E-state index contributed by atoms with van der Waals surface area (Å²) < 4.78 is 54.8. The van der Waals surface area contributed by atoms with E-state index < -0.39 is 17.7 Å². The molecule has 9 nitrogen and oxygen atoms in total. The molecule has 5 N–H and O–H groups in total. The van der Waals surface area contributed by atoms with Crippen molar-refractivity contribution in [1.29, 1.82) is 0 Å². The number of Topliss-reactive ketones (excluding diaryl/α,β-unsaturated/α-hetero) is 1. The van der Waals surface area contributed by atoms with Gasteiger partial charge in [0.1, 0.15) is 29.2 Å². The Morgan fingerprint density at radius 3 is 2.51 bits per heavy atom. The predicted octanol–water partition coefficient (Wildman–Crippen LogP) is 5.67. The zero-order valence-corrected chi connectivity index (χ0v) is 24.2. The third-order valence-corrected chi connectivity index (χ3v) is 5.58. The quantitative estimate of drug-likeness (QED) is 0.0994. The number of pyridine rings is 1. The fraction of sp³-hybridized carbons (Fsp3) is 0.429. The molecule has 13 heteroatoms. The smallest absolute Gasteiger partial charge is 0.382 e. The number of hydrogen-bond acceptors (Lipinski definition) is 8. The van der Waals surface area contributed by atoms with Crippen LogP contribution in [0.3, 0.4) is 0 Å². The minimum atomic E-state index is -4.58. The fourth-order valence-electron chi connectivity index (χ4n) is 3.64. The number of rotatable bonds is 11. The van der Waals surface area contributed by atoms with E-state index in [0.717, 1.165) is 6.07 Å². The molecule has 3 rings (SSSR count). The molecule has 0 aliphatic rings. The normalized spacial score (nSPS) is 12.6. The van der Waals surface area contributed by atoms with Crippen molar-refractivity contribution < 1.29 is 22.4 Å². The van der Waals surface area contributed by atoms with Crippen molar-refractivity contribution >= 4 is 22.9 Å². The molecular formula is C28H38F4N8O. The first kappa shape index (κ1) is 33.2. The SMILES string of the molecule is CC.CC/C(F)=C(\C=C/Cc1c(C(=O)CNC(C)(C)C)cn2ncnc(N)c12)NCNc1cccc(C(F)(F)F)n1. The Morgan fingerprint density at radius 2 is 1.88 bits per heavy atom. The van der Waals surface area contributed by atoms with E-state index >= 15 is 0 Å². The molecule has 0 saturated carbocycles. The van der Waals surface area contributed by atoms with Crippen LogP contribution in [0.4, 0.5) is 29.2 Å². The summed E-state index contributed by atoms with van der Waals surface area (Å²) in [6.45, 7) is 11.5. The third kappa shape index (κ3) is 9.55.